The van der Waals surface area contributed by atoms with Gasteiger partial charge in [0.15, 0.2) is 0 Å². The molecule has 6 nitrogen and oxygen atoms in total. The quantitative estimate of drug-likeness (QED) is 0.900. The number of ether oxygens (including phenoxy) is 1. The van der Waals surface area contributed by atoms with Crippen molar-refractivity contribution in [2.45, 2.75) is 13.0 Å². The maximum absolute atomic E-state index is 5.85. The second kappa shape index (κ2) is 5.60. The number of hydrogen-bond acceptors (Lipinski definition) is 6. The molecule has 1 aromatic heterocycles. The highest BCUT2D eigenvalue weighted by Gasteiger charge is 2.14. The van der Waals surface area contributed by atoms with Crippen molar-refractivity contribution in [1.29, 1.82) is 0 Å². The van der Waals surface area contributed by atoms with Gasteiger partial charge in [-0.15, -0.1) is 0 Å². The number of rotatable bonds is 3. The van der Waals surface area contributed by atoms with Gasteiger partial charge in [-0.3, -0.25) is 0 Å². The van der Waals surface area contributed by atoms with Crippen LogP contribution < -0.4 is 15.4 Å². The lowest BCUT2D eigenvalue weighted by molar-refractivity contribution is 0.379. The first kappa shape index (κ1) is 13.1. The van der Waals surface area contributed by atoms with Crippen LogP contribution in [0.3, 0.4) is 0 Å². The molecule has 104 valence electrons. The van der Waals surface area contributed by atoms with E-state index in [1.807, 2.05) is 12.1 Å². The van der Waals surface area contributed by atoms with Crippen LogP contribution in [0.15, 0.2) is 18.2 Å². The van der Waals surface area contributed by atoms with E-state index in [0.29, 0.717) is 5.95 Å². The van der Waals surface area contributed by atoms with Crippen molar-refractivity contribution >= 4 is 23.2 Å². The number of nitrogens with zero attached hydrogens (tertiary/aromatic N) is 3. The van der Waals surface area contributed by atoms with Crippen LogP contribution in [0.1, 0.15) is 11.1 Å². The third kappa shape index (κ3) is 2.66. The minimum atomic E-state index is 0.103. The Hall–Kier alpha value is -1.92. The van der Waals surface area contributed by atoms with Gasteiger partial charge in [-0.25, -0.2) is 0 Å². The largest absolute Gasteiger partial charge is 0.467 e. The van der Waals surface area contributed by atoms with Crippen LogP contribution in [0.4, 0.5) is 11.6 Å². The minimum Gasteiger partial charge on any atom is -0.467 e. The fraction of sp³-hybridized carbons (Fsp3) is 0.308. The average molecular weight is 292 g/mol. The van der Waals surface area contributed by atoms with Crippen molar-refractivity contribution in [2.75, 3.05) is 19.0 Å². The lowest BCUT2D eigenvalue weighted by Gasteiger charge is -2.20. The first-order chi connectivity index (χ1) is 9.76. The maximum Gasteiger partial charge on any atom is 0.322 e. The predicted molar refractivity (Wildman–Crippen MR) is 76.5 cm³/mol. The molecule has 0 radical (unpaired) electrons. The van der Waals surface area contributed by atoms with Gasteiger partial charge in [0, 0.05) is 12.2 Å². The normalized spacial score (nSPS) is 13.7. The Kier molecular flexibility index (Phi) is 3.66. The van der Waals surface area contributed by atoms with E-state index in [2.05, 4.69) is 31.7 Å². The number of hydrogen-bond donors (Lipinski definition) is 2. The van der Waals surface area contributed by atoms with Gasteiger partial charge in [0.05, 0.1) is 7.11 Å². The van der Waals surface area contributed by atoms with Gasteiger partial charge in [0.25, 0.3) is 0 Å². The van der Waals surface area contributed by atoms with Gasteiger partial charge in [-0.2, -0.15) is 15.0 Å². The number of anilines is 2. The third-order valence-corrected chi connectivity index (χ3v) is 3.33. The highest BCUT2D eigenvalue weighted by Crippen LogP contribution is 2.25. The lowest BCUT2D eigenvalue weighted by Crippen LogP contribution is -2.24. The molecule has 2 heterocycles. The van der Waals surface area contributed by atoms with Gasteiger partial charge in [-0.05, 0) is 41.8 Å². The summed E-state index contributed by atoms with van der Waals surface area (Å²) in [5.74, 6) is 0.383. The molecule has 0 spiro atoms. The van der Waals surface area contributed by atoms with Crippen molar-refractivity contribution in [2.24, 2.45) is 0 Å². The van der Waals surface area contributed by atoms with Crippen LogP contribution in [-0.2, 0) is 13.0 Å². The average Bonchev–Trinajstić information content (AvgIpc) is 2.47. The van der Waals surface area contributed by atoms with Gasteiger partial charge >= 0.3 is 6.01 Å². The molecule has 0 saturated carbocycles. The lowest BCUT2D eigenvalue weighted by atomic mass is 9.99. The fourth-order valence-electron chi connectivity index (χ4n) is 2.25. The van der Waals surface area contributed by atoms with E-state index >= 15 is 0 Å². The van der Waals surface area contributed by atoms with Crippen LogP contribution in [0.2, 0.25) is 5.28 Å². The Balaban J connectivity index is 1.93. The third-order valence-electron chi connectivity index (χ3n) is 3.16. The van der Waals surface area contributed by atoms with E-state index in [1.165, 1.54) is 18.2 Å². The second-order valence-electron chi connectivity index (χ2n) is 4.41. The van der Waals surface area contributed by atoms with Crippen LogP contribution >= 0.6 is 11.6 Å². The summed E-state index contributed by atoms with van der Waals surface area (Å²) >= 11 is 5.85. The zero-order valence-corrected chi connectivity index (χ0v) is 11.7. The number of halogens is 1. The van der Waals surface area contributed by atoms with Crippen molar-refractivity contribution < 1.29 is 4.74 Å². The van der Waals surface area contributed by atoms with Crippen LogP contribution in [-0.4, -0.2) is 28.6 Å². The molecule has 1 aliphatic rings. The summed E-state index contributed by atoms with van der Waals surface area (Å²) in [4.78, 5) is 12.1. The summed E-state index contributed by atoms with van der Waals surface area (Å²) in [6, 6.07) is 6.33. The number of nitrogens with one attached hydrogen (secondary N) is 2. The van der Waals surface area contributed by atoms with Gasteiger partial charge in [0.2, 0.25) is 11.2 Å². The molecule has 7 heteroatoms. The van der Waals surface area contributed by atoms with Gasteiger partial charge < -0.3 is 15.4 Å². The molecule has 1 aliphatic heterocycles. The van der Waals surface area contributed by atoms with E-state index in [9.17, 15) is 0 Å². The Morgan fingerprint density at radius 1 is 1.30 bits per heavy atom. The van der Waals surface area contributed by atoms with E-state index in [4.69, 9.17) is 16.3 Å². The van der Waals surface area contributed by atoms with Crippen molar-refractivity contribution in [3.8, 4) is 6.01 Å². The molecule has 0 unspecified atom stereocenters. The Bertz CT molecular complexity index is 634. The zero-order chi connectivity index (χ0) is 13.9. The molecule has 1 aromatic carbocycles. The summed E-state index contributed by atoms with van der Waals surface area (Å²) in [5, 5.41) is 6.64. The molecule has 20 heavy (non-hydrogen) atoms. The summed E-state index contributed by atoms with van der Waals surface area (Å²) in [6.07, 6.45) is 0.967. The highest BCUT2D eigenvalue weighted by atomic mass is 35.5. The fourth-order valence-corrected chi connectivity index (χ4v) is 2.40. The Morgan fingerprint density at radius 3 is 3.05 bits per heavy atom. The Labute approximate surface area is 121 Å². The molecular weight excluding hydrogens is 278 g/mol. The van der Waals surface area contributed by atoms with E-state index in [-0.39, 0.29) is 11.3 Å². The Morgan fingerprint density at radius 2 is 2.20 bits per heavy atom. The molecule has 2 N–H and O–H groups in total. The highest BCUT2D eigenvalue weighted by molar-refractivity contribution is 6.28. The number of aromatic nitrogens is 3. The van der Waals surface area contributed by atoms with E-state index in [0.717, 1.165) is 25.2 Å². The summed E-state index contributed by atoms with van der Waals surface area (Å²) in [5.41, 5.74) is 3.56. The molecule has 3 rings (SSSR count). The summed E-state index contributed by atoms with van der Waals surface area (Å²) in [7, 11) is 1.49. The van der Waals surface area contributed by atoms with E-state index in [1.54, 1.807) is 0 Å². The monoisotopic (exact) mass is 291 g/mol. The van der Waals surface area contributed by atoms with Gasteiger partial charge in [0.1, 0.15) is 0 Å². The van der Waals surface area contributed by atoms with Gasteiger partial charge in [-0.1, -0.05) is 12.1 Å². The van der Waals surface area contributed by atoms with Crippen LogP contribution in [0, 0.1) is 0 Å². The molecule has 0 bridgehead atoms. The minimum absolute atomic E-state index is 0.103. The predicted octanol–water partition coefficient (Wildman–Crippen LogP) is 1.92. The van der Waals surface area contributed by atoms with Crippen LogP contribution in [0.25, 0.3) is 0 Å². The molecule has 0 amide bonds. The standard InChI is InChI=1S/C13H14ClN5O/c1-20-13-18-11(14)17-12(19-13)16-10-4-2-3-8-7-15-6-5-9(8)10/h2-4,15H,5-7H2,1H3,(H,16,17,18,19). The zero-order valence-electron chi connectivity index (χ0n) is 11.0. The smallest absolute Gasteiger partial charge is 0.322 e. The van der Waals surface area contributed by atoms with Crippen molar-refractivity contribution in [3.63, 3.8) is 0 Å². The maximum atomic E-state index is 5.85. The molecule has 0 saturated heterocycles. The molecule has 0 fully saturated rings. The van der Waals surface area contributed by atoms with Crippen molar-refractivity contribution in [3.05, 3.63) is 34.6 Å². The summed E-state index contributed by atoms with van der Waals surface area (Å²) in [6.45, 7) is 1.85. The topological polar surface area (TPSA) is 72.0 Å². The SMILES string of the molecule is COc1nc(Cl)nc(Nc2cccc3c2CCNC3)n1. The molecule has 0 aliphatic carbocycles. The molecular formula is C13H14ClN5O. The van der Waals surface area contributed by atoms with E-state index < -0.39 is 0 Å². The molecule has 0 atom stereocenters. The first-order valence-electron chi connectivity index (χ1n) is 6.30. The number of fused-ring (bicyclic) bond motifs is 1. The molecule has 2 aromatic rings. The first-order valence-corrected chi connectivity index (χ1v) is 6.68. The second-order valence-corrected chi connectivity index (χ2v) is 4.75. The number of methoxy groups -OCH3 is 1. The van der Waals surface area contributed by atoms with Crippen molar-refractivity contribution in [1.82, 2.24) is 20.3 Å². The van der Waals surface area contributed by atoms with Crippen LogP contribution in [0.5, 0.6) is 6.01 Å². The number of benzene rings is 1. The summed E-state index contributed by atoms with van der Waals surface area (Å²) < 4.78 is 4.99.